The van der Waals surface area contributed by atoms with E-state index in [1.54, 1.807) is 12.1 Å². The fourth-order valence-corrected chi connectivity index (χ4v) is 1.64. The van der Waals surface area contributed by atoms with Gasteiger partial charge in [0.15, 0.2) is 17.3 Å². The summed E-state index contributed by atoms with van der Waals surface area (Å²) in [5.41, 5.74) is 5.78. The van der Waals surface area contributed by atoms with Crippen LogP contribution < -0.4 is 15.2 Å². The summed E-state index contributed by atoms with van der Waals surface area (Å²) in [7, 11) is 2.94. The van der Waals surface area contributed by atoms with Crippen LogP contribution in [-0.4, -0.2) is 26.5 Å². The first-order chi connectivity index (χ1) is 7.65. The first-order valence-corrected chi connectivity index (χ1v) is 5.17. The second-order valence-corrected chi connectivity index (χ2v) is 3.53. The van der Waals surface area contributed by atoms with Gasteiger partial charge in [0, 0.05) is 6.42 Å². The summed E-state index contributed by atoms with van der Waals surface area (Å²) in [6.45, 7) is 0.299. The Balaban J connectivity index is 3.24. The van der Waals surface area contributed by atoms with E-state index in [2.05, 4.69) is 0 Å². The quantitative estimate of drug-likeness (QED) is 0.803. The van der Waals surface area contributed by atoms with E-state index >= 15 is 0 Å². The van der Waals surface area contributed by atoms with Gasteiger partial charge in [0.05, 0.1) is 24.8 Å². The molecule has 0 bridgehead atoms. The number of rotatable bonds is 5. The van der Waals surface area contributed by atoms with E-state index in [-0.39, 0.29) is 12.2 Å². The van der Waals surface area contributed by atoms with Crippen molar-refractivity contribution in [1.29, 1.82) is 0 Å². The average molecular weight is 244 g/mol. The first kappa shape index (κ1) is 12.8. The predicted octanol–water partition coefficient (Wildman–Crippen LogP) is 1.89. The van der Waals surface area contributed by atoms with Gasteiger partial charge < -0.3 is 15.2 Å². The second-order valence-electron chi connectivity index (χ2n) is 3.12. The van der Waals surface area contributed by atoms with Crippen LogP contribution in [0.1, 0.15) is 16.8 Å². The number of ether oxygens (including phenoxy) is 2. The molecule has 2 N–H and O–H groups in total. The Bertz CT molecular complexity index is 393. The third-order valence-electron chi connectivity index (χ3n) is 2.14. The molecule has 0 saturated carbocycles. The smallest absolute Gasteiger partial charge is 0.180 e. The van der Waals surface area contributed by atoms with Crippen molar-refractivity contribution < 1.29 is 14.3 Å². The highest BCUT2D eigenvalue weighted by atomic mass is 35.5. The SMILES string of the molecule is COc1c(Cl)ccc(C(=O)CCN)c1OC. The van der Waals surface area contributed by atoms with Gasteiger partial charge in [0.2, 0.25) is 0 Å². The summed E-state index contributed by atoms with van der Waals surface area (Å²) in [5, 5.41) is 0.406. The molecule has 0 fully saturated rings. The summed E-state index contributed by atoms with van der Waals surface area (Å²) < 4.78 is 10.2. The van der Waals surface area contributed by atoms with E-state index in [1.165, 1.54) is 14.2 Å². The highest BCUT2D eigenvalue weighted by molar-refractivity contribution is 6.32. The lowest BCUT2D eigenvalue weighted by atomic mass is 10.1. The van der Waals surface area contributed by atoms with E-state index in [1.807, 2.05) is 0 Å². The van der Waals surface area contributed by atoms with Gasteiger partial charge >= 0.3 is 0 Å². The van der Waals surface area contributed by atoms with Gasteiger partial charge in [-0.1, -0.05) is 11.6 Å². The number of hydrogen-bond donors (Lipinski definition) is 1. The number of Topliss-reactive ketones (excluding diaryl/α,β-unsaturated/α-hetero) is 1. The number of nitrogens with two attached hydrogens (primary N) is 1. The largest absolute Gasteiger partial charge is 0.492 e. The maximum absolute atomic E-state index is 11.7. The molecule has 1 rings (SSSR count). The zero-order valence-electron chi connectivity index (χ0n) is 9.25. The third kappa shape index (κ3) is 2.46. The zero-order valence-corrected chi connectivity index (χ0v) is 10.0. The molecule has 0 unspecified atom stereocenters. The number of carbonyl (C=O) groups excluding carboxylic acids is 1. The lowest BCUT2D eigenvalue weighted by Gasteiger charge is -2.12. The standard InChI is InChI=1S/C11H14ClNO3/c1-15-10-7(9(14)5-6-13)3-4-8(12)11(10)16-2/h3-4H,5-6,13H2,1-2H3. The molecule has 1 aromatic rings. The number of carbonyl (C=O) groups is 1. The fraction of sp³-hybridized carbons (Fsp3) is 0.364. The van der Waals surface area contributed by atoms with Gasteiger partial charge in [0.1, 0.15) is 0 Å². The van der Waals surface area contributed by atoms with Crippen molar-refractivity contribution in [3.05, 3.63) is 22.7 Å². The lowest BCUT2D eigenvalue weighted by molar-refractivity contribution is 0.0982. The van der Waals surface area contributed by atoms with Crippen molar-refractivity contribution in [2.24, 2.45) is 5.73 Å². The van der Waals surface area contributed by atoms with Crippen LogP contribution >= 0.6 is 11.6 Å². The molecule has 0 saturated heterocycles. The van der Waals surface area contributed by atoms with E-state index in [4.69, 9.17) is 26.8 Å². The monoisotopic (exact) mass is 243 g/mol. The van der Waals surface area contributed by atoms with E-state index in [9.17, 15) is 4.79 Å². The Morgan fingerprint density at radius 1 is 1.31 bits per heavy atom. The van der Waals surface area contributed by atoms with E-state index in [0.717, 1.165) is 0 Å². The third-order valence-corrected chi connectivity index (χ3v) is 2.44. The van der Waals surface area contributed by atoms with Crippen LogP contribution in [0.5, 0.6) is 11.5 Å². The van der Waals surface area contributed by atoms with Gasteiger partial charge in [-0.2, -0.15) is 0 Å². The lowest BCUT2D eigenvalue weighted by Crippen LogP contribution is -2.10. The van der Waals surface area contributed by atoms with Crippen LogP contribution in [0.15, 0.2) is 12.1 Å². The normalized spacial score (nSPS) is 10.0. The molecule has 0 aliphatic rings. The number of hydrogen-bond acceptors (Lipinski definition) is 4. The van der Waals surface area contributed by atoms with E-state index in [0.29, 0.717) is 28.6 Å². The Morgan fingerprint density at radius 2 is 1.94 bits per heavy atom. The summed E-state index contributed by atoms with van der Waals surface area (Å²) >= 11 is 5.92. The van der Waals surface area contributed by atoms with Gasteiger partial charge in [0.25, 0.3) is 0 Å². The van der Waals surface area contributed by atoms with Crippen LogP contribution in [0.2, 0.25) is 5.02 Å². The van der Waals surface area contributed by atoms with Gasteiger partial charge in [-0.15, -0.1) is 0 Å². The molecule has 1 aromatic carbocycles. The topological polar surface area (TPSA) is 61.5 Å². The number of methoxy groups -OCH3 is 2. The minimum Gasteiger partial charge on any atom is -0.492 e. The molecule has 0 amide bonds. The Morgan fingerprint density at radius 3 is 2.44 bits per heavy atom. The number of ketones is 1. The minimum atomic E-state index is -0.0886. The van der Waals surface area contributed by atoms with Crippen LogP contribution in [0.4, 0.5) is 0 Å². The number of benzene rings is 1. The van der Waals surface area contributed by atoms with Crippen molar-refractivity contribution in [1.82, 2.24) is 0 Å². The molecular weight excluding hydrogens is 230 g/mol. The van der Waals surface area contributed by atoms with Crippen LogP contribution in [0.25, 0.3) is 0 Å². The summed E-state index contributed by atoms with van der Waals surface area (Å²) in [6.07, 6.45) is 0.265. The van der Waals surface area contributed by atoms with Gasteiger partial charge in [-0.25, -0.2) is 0 Å². The maximum atomic E-state index is 11.7. The van der Waals surface area contributed by atoms with Crippen molar-refractivity contribution in [2.45, 2.75) is 6.42 Å². The summed E-state index contributed by atoms with van der Waals surface area (Å²) in [6, 6.07) is 3.22. The highest BCUT2D eigenvalue weighted by Gasteiger charge is 2.18. The Hall–Kier alpha value is -1.26. The highest BCUT2D eigenvalue weighted by Crippen LogP contribution is 2.38. The van der Waals surface area contributed by atoms with Crippen LogP contribution in [-0.2, 0) is 0 Å². The van der Waals surface area contributed by atoms with Crippen molar-refractivity contribution in [3.8, 4) is 11.5 Å². The Labute approximate surface area is 99.3 Å². The minimum absolute atomic E-state index is 0.0886. The van der Waals surface area contributed by atoms with E-state index < -0.39 is 0 Å². The second kappa shape index (κ2) is 5.72. The molecule has 88 valence electrons. The Kier molecular flexibility index (Phi) is 4.58. The predicted molar refractivity (Wildman–Crippen MR) is 62.6 cm³/mol. The molecule has 0 aliphatic heterocycles. The molecule has 0 radical (unpaired) electrons. The molecule has 5 heteroatoms. The molecule has 0 aliphatic carbocycles. The molecule has 0 atom stereocenters. The molecule has 0 heterocycles. The summed E-state index contributed by atoms with van der Waals surface area (Å²) in [5.74, 6) is 0.634. The molecular formula is C11H14ClNO3. The zero-order chi connectivity index (χ0) is 12.1. The molecule has 0 aromatic heterocycles. The van der Waals surface area contributed by atoms with Gasteiger partial charge in [-0.05, 0) is 18.7 Å². The fourth-order valence-electron chi connectivity index (χ4n) is 1.42. The maximum Gasteiger partial charge on any atom is 0.180 e. The summed E-state index contributed by atoms with van der Waals surface area (Å²) in [4.78, 5) is 11.7. The first-order valence-electron chi connectivity index (χ1n) is 4.79. The number of halogens is 1. The van der Waals surface area contributed by atoms with Crippen molar-refractivity contribution >= 4 is 17.4 Å². The molecule has 16 heavy (non-hydrogen) atoms. The van der Waals surface area contributed by atoms with Gasteiger partial charge in [-0.3, -0.25) is 4.79 Å². The van der Waals surface area contributed by atoms with Crippen molar-refractivity contribution in [2.75, 3.05) is 20.8 Å². The van der Waals surface area contributed by atoms with Crippen molar-refractivity contribution in [3.63, 3.8) is 0 Å². The van der Waals surface area contributed by atoms with Crippen LogP contribution in [0.3, 0.4) is 0 Å². The molecule has 0 spiro atoms. The molecule has 4 nitrogen and oxygen atoms in total. The van der Waals surface area contributed by atoms with Crippen LogP contribution in [0, 0.1) is 0 Å². The average Bonchev–Trinajstić information content (AvgIpc) is 2.28.